The summed E-state index contributed by atoms with van der Waals surface area (Å²) < 4.78 is 23.8. The number of ether oxygens (including phenoxy) is 2. The number of carbonyl (C=O) groups excluding carboxylic acids is 2. The molecule has 0 bridgehead atoms. The van der Waals surface area contributed by atoms with Crippen LogP contribution in [0.1, 0.15) is 34.6 Å². The maximum absolute atomic E-state index is 13.1. The third-order valence-electron chi connectivity index (χ3n) is 3.34. The standard InChI is InChI=1S/C18H13FO4/c1-10(2)17-16(20)14-7-6-13(9-15(14)23-17)22-18(21)11-4-3-5-12(19)8-11/h3-9H,1-2H3. The van der Waals surface area contributed by atoms with E-state index in [1.807, 2.05) is 0 Å². The zero-order valence-electron chi connectivity index (χ0n) is 12.6. The van der Waals surface area contributed by atoms with Crippen molar-refractivity contribution in [1.29, 1.82) is 0 Å². The van der Waals surface area contributed by atoms with Crippen LogP contribution in [-0.2, 0) is 0 Å². The molecule has 0 spiro atoms. The monoisotopic (exact) mass is 312 g/mol. The SMILES string of the molecule is CC(C)=C1Oc2cc(OC(=O)c3cccc(F)c3)ccc2C1=O. The number of carbonyl (C=O) groups is 2. The van der Waals surface area contributed by atoms with Gasteiger partial charge in [-0.15, -0.1) is 0 Å². The highest BCUT2D eigenvalue weighted by molar-refractivity contribution is 6.12. The zero-order valence-corrected chi connectivity index (χ0v) is 12.6. The summed E-state index contributed by atoms with van der Waals surface area (Å²) in [5.74, 6) is -0.542. The van der Waals surface area contributed by atoms with Crippen LogP contribution in [0.4, 0.5) is 4.39 Å². The fourth-order valence-corrected chi connectivity index (χ4v) is 2.23. The van der Waals surface area contributed by atoms with Crippen molar-refractivity contribution in [3.63, 3.8) is 0 Å². The first-order valence-corrected chi connectivity index (χ1v) is 6.97. The maximum atomic E-state index is 13.1. The smallest absolute Gasteiger partial charge is 0.343 e. The highest BCUT2D eigenvalue weighted by Gasteiger charge is 2.28. The van der Waals surface area contributed by atoms with Crippen LogP contribution in [0.25, 0.3) is 0 Å². The third kappa shape index (κ3) is 2.85. The van der Waals surface area contributed by atoms with E-state index in [0.717, 1.165) is 11.6 Å². The van der Waals surface area contributed by atoms with Crippen LogP contribution < -0.4 is 9.47 Å². The van der Waals surface area contributed by atoms with Gasteiger partial charge in [-0.1, -0.05) is 6.07 Å². The van der Waals surface area contributed by atoms with Crippen molar-refractivity contribution in [3.05, 3.63) is 70.7 Å². The molecule has 0 radical (unpaired) electrons. The van der Waals surface area contributed by atoms with E-state index in [1.165, 1.54) is 30.3 Å². The minimum absolute atomic E-state index is 0.104. The van der Waals surface area contributed by atoms with Crippen LogP contribution in [0.3, 0.4) is 0 Å². The lowest BCUT2D eigenvalue weighted by molar-refractivity contribution is 0.0734. The molecule has 0 aliphatic carbocycles. The Morgan fingerprint density at radius 1 is 1.13 bits per heavy atom. The number of halogens is 1. The fraction of sp³-hybridized carbons (Fsp3) is 0.111. The molecule has 2 aromatic rings. The van der Waals surface area contributed by atoms with E-state index >= 15 is 0 Å². The van der Waals surface area contributed by atoms with Crippen molar-refractivity contribution in [2.45, 2.75) is 13.8 Å². The molecular formula is C18H13FO4. The summed E-state index contributed by atoms with van der Waals surface area (Å²) in [6.45, 7) is 3.56. The Kier molecular flexibility index (Phi) is 3.70. The lowest BCUT2D eigenvalue weighted by atomic mass is 10.1. The number of Topliss-reactive ketones (excluding diaryl/α,β-unsaturated/α-hetero) is 1. The van der Waals surface area contributed by atoms with Crippen molar-refractivity contribution in [1.82, 2.24) is 0 Å². The van der Waals surface area contributed by atoms with Gasteiger partial charge in [-0.05, 0) is 49.8 Å². The Morgan fingerprint density at radius 3 is 2.61 bits per heavy atom. The molecule has 4 nitrogen and oxygen atoms in total. The first kappa shape index (κ1) is 15.0. The third-order valence-corrected chi connectivity index (χ3v) is 3.34. The van der Waals surface area contributed by atoms with Gasteiger partial charge < -0.3 is 9.47 Å². The van der Waals surface area contributed by atoms with Gasteiger partial charge in [-0.25, -0.2) is 9.18 Å². The highest BCUT2D eigenvalue weighted by atomic mass is 19.1. The van der Waals surface area contributed by atoms with Gasteiger partial charge in [-0.2, -0.15) is 0 Å². The number of fused-ring (bicyclic) bond motifs is 1. The molecule has 1 aliphatic heterocycles. The van der Waals surface area contributed by atoms with Crippen molar-refractivity contribution >= 4 is 11.8 Å². The predicted molar refractivity (Wildman–Crippen MR) is 81.1 cm³/mol. The van der Waals surface area contributed by atoms with Gasteiger partial charge >= 0.3 is 5.97 Å². The van der Waals surface area contributed by atoms with E-state index in [1.54, 1.807) is 19.9 Å². The van der Waals surface area contributed by atoms with Gasteiger partial charge in [0.15, 0.2) is 5.76 Å². The number of rotatable bonds is 2. The van der Waals surface area contributed by atoms with Gasteiger partial charge in [0.1, 0.15) is 17.3 Å². The molecule has 116 valence electrons. The molecule has 23 heavy (non-hydrogen) atoms. The van der Waals surface area contributed by atoms with E-state index in [2.05, 4.69) is 0 Å². The number of esters is 1. The second-order valence-electron chi connectivity index (χ2n) is 5.32. The normalized spacial score (nSPS) is 12.7. The van der Waals surface area contributed by atoms with E-state index < -0.39 is 11.8 Å². The molecule has 0 aromatic heterocycles. The van der Waals surface area contributed by atoms with Gasteiger partial charge in [0.2, 0.25) is 5.78 Å². The number of hydrogen-bond acceptors (Lipinski definition) is 4. The molecule has 0 unspecified atom stereocenters. The highest BCUT2D eigenvalue weighted by Crippen LogP contribution is 2.35. The number of ketones is 1. The predicted octanol–water partition coefficient (Wildman–Crippen LogP) is 3.91. The lowest BCUT2D eigenvalue weighted by Crippen LogP contribution is -2.08. The van der Waals surface area contributed by atoms with E-state index in [4.69, 9.17) is 9.47 Å². The first-order valence-electron chi connectivity index (χ1n) is 6.97. The zero-order chi connectivity index (χ0) is 16.6. The average Bonchev–Trinajstić information content (AvgIpc) is 2.84. The number of benzene rings is 2. The molecule has 1 heterocycles. The van der Waals surface area contributed by atoms with Crippen molar-refractivity contribution in [2.24, 2.45) is 0 Å². The molecule has 0 atom stereocenters. The summed E-state index contributed by atoms with van der Waals surface area (Å²) in [5, 5.41) is 0. The molecule has 0 N–H and O–H groups in total. The molecule has 2 aromatic carbocycles. The van der Waals surface area contributed by atoms with Crippen LogP contribution in [0.5, 0.6) is 11.5 Å². The van der Waals surface area contributed by atoms with Gasteiger partial charge in [-0.3, -0.25) is 4.79 Å². The summed E-state index contributed by atoms with van der Waals surface area (Å²) in [4.78, 5) is 24.1. The van der Waals surface area contributed by atoms with E-state index in [-0.39, 0.29) is 22.9 Å². The van der Waals surface area contributed by atoms with Gasteiger partial charge in [0.25, 0.3) is 0 Å². The van der Waals surface area contributed by atoms with Crippen LogP contribution >= 0.6 is 0 Å². The Bertz CT molecular complexity index is 848. The van der Waals surface area contributed by atoms with E-state index in [0.29, 0.717) is 11.3 Å². The van der Waals surface area contributed by atoms with Crippen LogP contribution in [0.2, 0.25) is 0 Å². The quantitative estimate of drug-likeness (QED) is 0.479. The minimum Gasteiger partial charge on any atom is -0.452 e. The number of hydrogen-bond donors (Lipinski definition) is 0. The molecule has 0 saturated heterocycles. The summed E-state index contributed by atoms with van der Waals surface area (Å²) in [7, 11) is 0. The van der Waals surface area contributed by atoms with E-state index in [9.17, 15) is 14.0 Å². The average molecular weight is 312 g/mol. The fourth-order valence-electron chi connectivity index (χ4n) is 2.23. The van der Waals surface area contributed by atoms with Crippen LogP contribution in [0, 0.1) is 5.82 Å². The minimum atomic E-state index is -0.684. The second-order valence-corrected chi connectivity index (χ2v) is 5.32. The lowest BCUT2D eigenvalue weighted by Gasteiger charge is -2.06. The Labute approximate surface area is 132 Å². The van der Waals surface area contributed by atoms with Crippen LogP contribution in [-0.4, -0.2) is 11.8 Å². The van der Waals surface area contributed by atoms with Crippen molar-refractivity contribution in [3.8, 4) is 11.5 Å². The summed E-state index contributed by atoms with van der Waals surface area (Å²) in [6.07, 6.45) is 0. The van der Waals surface area contributed by atoms with Crippen LogP contribution in [0.15, 0.2) is 53.8 Å². The summed E-state index contributed by atoms with van der Waals surface area (Å²) in [5.41, 5.74) is 1.30. The molecule has 1 aliphatic rings. The molecular weight excluding hydrogens is 299 g/mol. The number of allylic oxidation sites excluding steroid dienone is 2. The second kappa shape index (κ2) is 5.68. The van der Waals surface area contributed by atoms with Gasteiger partial charge in [0, 0.05) is 6.07 Å². The Hall–Kier alpha value is -2.95. The molecule has 0 saturated carbocycles. The summed E-state index contributed by atoms with van der Waals surface area (Å²) in [6, 6.07) is 9.74. The molecule has 5 heteroatoms. The van der Waals surface area contributed by atoms with Gasteiger partial charge in [0.05, 0.1) is 11.1 Å². The Morgan fingerprint density at radius 2 is 1.91 bits per heavy atom. The van der Waals surface area contributed by atoms with Crippen molar-refractivity contribution in [2.75, 3.05) is 0 Å². The molecule has 0 fully saturated rings. The molecule has 3 rings (SSSR count). The largest absolute Gasteiger partial charge is 0.452 e. The topological polar surface area (TPSA) is 52.6 Å². The summed E-state index contributed by atoms with van der Waals surface area (Å²) >= 11 is 0. The molecule has 0 amide bonds. The Balaban J connectivity index is 1.85. The first-order chi connectivity index (χ1) is 11.0. The van der Waals surface area contributed by atoms with Crippen molar-refractivity contribution < 1.29 is 23.5 Å². The maximum Gasteiger partial charge on any atom is 0.343 e.